The highest BCUT2D eigenvalue weighted by Gasteiger charge is 2.03. The van der Waals surface area contributed by atoms with Crippen molar-refractivity contribution in [2.24, 2.45) is 0 Å². The van der Waals surface area contributed by atoms with E-state index >= 15 is 0 Å². The van der Waals surface area contributed by atoms with Crippen LogP contribution < -0.4 is 10.6 Å². The summed E-state index contributed by atoms with van der Waals surface area (Å²) in [6.07, 6.45) is 1.70. The van der Waals surface area contributed by atoms with Crippen molar-refractivity contribution in [1.29, 1.82) is 0 Å². The quantitative estimate of drug-likeness (QED) is 0.636. The second kappa shape index (κ2) is 7.51. The van der Waals surface area contributed by atoms with E-state index in [1.165, 1.54) is 11.1 Å². The molecule has 0 saturated carbocycles. The van der Waals surface area contributed by atoms with Gasteiger partial charge >= 0.3 is 0 Å². The van der Waals surface area contributed by atoms with E-state index in [4.69, 9.17) is 23.2 Å². The van der Waals surface area contributed by atoms with Crippen LogP contribution in [0.2, 0.25) is 10.0 Å². The number of hydrogen-bond donors (Lipinski definition) is 2. The molecule has 2 N–H and O–H groups in total. The van der Waals surface area contributed by atoms with E-state index in [1.54, 1.807) is 30.5 Å². The van der Waals surface area contributed by atoms with Crippen molar-refractivity contribution in [1.82, 2.24) is 9.97 Å². The van der Waals surface area contributed by atoms with Gasteiger partial charge in [0.1, 0.15) is 5.82 Å². The summed E-state index contributed by atoms with van der Waals surface area (Å²) in [5.41, 5.74) is 3.21. The molecule has 122 valence electrons. The minimum absolute atomic E-state index is 0.552. The predicted octanol–water partition coefficient (Wildman–Crippen LogP) is 5.45. The third-order valence-corrected chi connectivity index (χ3v) is 3.93. The highest BCUT2D eigenvalue weighted by atomic mass is 35.5. The van der Waals surface area contributed by atoms with Gasteiger partial charge in [-0.3, -0.25) is 0 Å². The number of halogens is 2. The Morgan fingerprint density at radius 1 is 1.00 bits per heavy atom. The Bertz CT molecular complexity index is 832. The summed E-state index contributed by atoms with van der Waals surface area (Å²) in [4.78, 5) is 8.70. The first-order valence-corrected chi connectivity index (χ1v) is 8.20. The van der Waals surface area contributed by atoms with Gasteiger partial charge in [0.05, 0.1) is 0 Å². The molecule has 1 aromatic heterocycles. The third kappa shape index (κ3) is 4.37. The summed E-state index contributed by atoms with van der Waals surface area (Å²) in [6, 6.07) is 15.3. The Hall–Kier alpha value is -2.30. The smallest absolute Gasteiger partial charge is 0.224 e. The molecule has 0 amide bonds. The maximum Gasteiger partial charge on any atom is 0.224 e. The first kappa shape index (κ1) is 16.6. The van der Waals surface area contributed by atoms with Crippen LogP contribution in [0.1, 0.15) is 11.1 Å². The molecule has 0 unspecified atom stereocenters. The lowest BCUT2D eigenvalue weighted by atomic mass is 10.1. The van der Waals surface area contributed by atoms with Crippen molar-refractivity contribution in [2.75, 3.05) is 10.6 Å². The van der Waals surface area contributed by atoms with E-state index in [2.05, 4.69) is 39.7 Å². The van der Waals surface area contributed by atoms with Gasteiger partial charge in [-0.25, -0.2) is 4.98 Å². The third-order valence-electron chi connectivity index (χ3n) is 3.49. The topological polar surface area (TPSA) is 49.8 Å². The zero-order valence-corrected chi connectivity index (χ0v) is 14.6. The van der Waals surface area contributed by atoms with E-state index in [0.717, 1.165) is 5.69 Å². The largest absolute Gasteiger partial charge is 0.350 e. The van der Waals surface area contributed by atoms with Crippen molar-refractivity contribution in [3.63, 3.8) is 0 Å². The molecule has 6 heteroatoms. The Balaban J connectivity index is 1.71. The molecule has 0 bridgehead atoms. The second-order valence-electron chi connectivity index (χ2n) is 5.33. The molecular formula is C18H16Cl2N4. The average Bonchev–Trinajstić information content (AvgIpc) is 2.53. The summed E-state index contributed by atoms with van der Waals surface area (Å²) in [6.45, 7) is 2.75. The maximum absolute atomic E-state index is 6.01. The Kier molecular flexibility index (Phi) is 5.18. The first-order chi connectivity index (χ1) is 11.6. The van der Waals surface area contributed by atoms with Crippen molar-refractivity contribution in [2.45, 2.75) is 13.5 Å². The van der Waals surface area contributed by atoms with Crippen LogP contribution in [-0.2, 0) is 6.54 Å². The van der Waals surface area contributed by atoms with E-state index in [0.29, 0.717) is 28.4 Å². The lowest BCUT2D eigenvalue weighted by Crippen LogP contribution is -2.05. The predicted molar refractivity (Wildman–Crippen MR) is 100 cm³/mol. The second-order valence-corrected chi connectivity index (χ2v) is 6.20. The Labute approximate surface area is 150 Å². The zero-order valence-electron chi connectivity index (χ0n) is 13.1. The molecule has 0 saturated heterocycles. The fourth-order valence-electron chi connectivity index (χ4n) is 2.27. The number of hydrogen-bond acceptors (Lipinski definition) is 4. The van der Waals surface area contributed by atoms with E-state index in [1.807, 2.05) is 12.1 Å². The van der Waals surface area contributed by atoms with Gasteiger partial charge in [0.25, 0.3) is 0 Å². The van der Waals surface area contributed by atoms with Gasteiger partial charge < -0.3 is 10.6 Å². The summed E-state index contributed by atoms with van der Waals surface area (Å²) < 4.78 is 0. The maximum atomic E-state index is 6.01. The molecule has 24 heavy (non-hydrogen) atoms. The summed E-state index contributed by atoms with van der Waals surface area (Å²) in [5.74, 6) is 1.21. The molecule has 3 aromatic rings. The summed E-state index contributed by atoms with van der Waals surface area (Å²) in [7, 11) is 0. The zero-order chi connectivity index (χ0) is 16.9. The Morgan fingerprint density at radius 3 is 2.50 bits per heavy atom. The van der Waals surface area contributed by atoms with Gasteiger partial charge in [-0.05, 0) is 42.3 Å². The van der Waals surface area contributed by atoms with Crippen LogP contribution in [0.3, 0.4) is 0 Å². The van der Waals surface area contributed by atoms with Crippen LogP contribution in [-0.4, -0.2) is 9.97 Å². The van der Waals surface area contributed by atoms with Crippen LogP contribution in [0.25, 0.3) is 0 Å². The fourth-order valence-corrected chi connectivity index (χ4v) is 2.80. The van der Waals surface area contributed by atoms with E-state index < -0.39 is 0 Å². The monoisotopic (exact) mass is 358 g/mol. The normalized spacial score (nSPS) is 10.5. The van der Waals surface area contributed by atoms with Crippen molar-refractivity contribution in [3.05, 3.63) is 75.9 Å². The van der Waals surface area contributed by atoms with E-state index in [-0.39, 0.29) is 0 Å². The molecule has 0 aliphatic carbocycles. The molecule has 1 heterocycles. The number of aromatic nitrogens is 2. The van der Waals surface area contributed by atoms with Gasteiger partial charge in [0, 0.05) is 28.5 Å². The van der Waals surface area contributed by atoms with Crippen LogP contribution in [0.4, 0.5) is 17.5 Å². The molecule has 0 aliphatic rings. The lowest BCUT2D eigenvalue weighted by Gasteiger charge is -2.10. The summed E-state index contributed by atoms with van der Waals surface area (Å²) in [5, 5.41) is 7.55. The number of anilines is 3. The summed E-state index contributed by atoms with van der Waals surface area (Å²) >= 11 is 12.0. The van der Waals surface area contributed by atoms with Crippen LogP contribution >= 0.6 is 23.2 Å². The van der Waals surface area contributed by atoms with Gasteiger partial charge in [-0.2, -0.15) is 4.98 Å². The number of nitrogens with one attached hydrogen (secondary N) is 2. The van der Waals surface area contributed by atoms with Crippen LogP contribution in [0.5, 0.6) is 0 Å². The minimum atomic E-state index is 0.552. The van der Waals surface area contributed by atoms with Gasteiger partial charge in [-0.15, -0.1) is 0 Å². The highest BCUT2D eigenvalue weighted by molar-refractivity contribution is 6.35. The lowest BCUT2D eigenvalue weighted by molar-refractivity contribution is 1.04. The standard InChI is InChI=1S/C18H16Cl2N4/c1-12-4-2-3-5-13(12)11-22-18-21-7-6-17(24-18)23-16-9-14(19)8-15(20)10-16/h2-10H,11H2,1H3,(H2,21,22,23,24). The van der Waals surface area contributed by atoms with Crippen molar-refractivity contribution in [3.8, 4) is 0 Å². The van der Waals surface area contributed by atoms with Crippen LogP contribution in [0.15, 0.2) is 54.7 Å². The molecule has 4 nitrogen and oxygen atoms in total. The fraction of sp³-hybridized carbons (Fsp3) is 0.111. The molecule has 2 aromatic carbocycles. The number of rotatable bonds is 5. The molecule has 0 radical (unpaired) electrons. The van der Waals surface area contributed by atoms with Gasteiger partial charge in [0.2, 0.25) is 5.95 Å². The number of nitrogens with zero attached hydrogens (tertiary/aromatic N) is 2. The number of aryl methyl sites for hydroxylation is 1. The molecular weight excluding hydrogens is 343 g/mol. The minimum Gasteiger partial charge on any atom is -0.350 e. The van der Waals surface area contributed by atoms with E-state index in [9.17, 15) is 0 Å². The molecule has 3 rings (SSSR count). The Morgan fingerprint density at radius 2 is 1.75 bits per heavy atom. The average molecular weight is 359 g/mol. The molecule has 0 fully saturated rings. The number of benzene rings is 2. The molecule has 0 aliphatic heterocycles. The van der Waals surface area contributed by atoms with Crippen molar-refractivity contribution < 1.29 is 0 Å². The van der Waals surface area contributed by atoms with Crippen LogP contribution in [0, 0.1) is 6.92 Å². The molecule has 0 atom stereocenters. The highest BCUT2D eigenvalue weighted by Crippen LogP contribution is 2.24. The first-order valence-electron chi connectivity index (χ1n) is 7.45. The molecule has 0 spiro atoms. The van der Waals surface area contributed by atoms with Gasteiger partial charge in [0.15, 0.2) is 0 Å². The van der Waals surface area contributed by atoms with Gasteiger partial charge in [-0.1, -0.05) is 47.5 Å². The SMILES string of the molecule is Cc1ccccc1CNc1nccc(Nc2cc(Cl)cc(Cl)c2)n1. The van der Waals surface area contributed by atoms with Crippen molar-refractivity contribution >= 4 is 40.7 Å².